The summed E-state index contributed by atoms with van der Waals surface area (Å²) in [5, 5.41) is 13.9. The van der Waals surface area contributed by atoms with E-state index in [4.69, 9.17) is 0 Å². The van der Waals surface area contributed by atoms with Gasteiger partial charge in [-0.05, 0) is 24.1 Å². The van der Waals surface area contributed by atoms with E-state index in [-0.39, 0.29) is 24.9 Å². The molecule has 9 nitrogen and oxygen atoms in total. The number of aromatic hydroxyl groups is 1. The molecule has 1 aromatic carbocycles. The van der Waals surface area contributed by atoms with Gasteiger partial charge in [-0.1, -0.05) is 19.1 Å². The zero-order valence-corrected chi connectivity index (χ0v) is 14.5. The molecule has 142 valence electrons. The number of halogens is 1. The first-order valence-corrected chi connectivity index (χ1v) is 8.34. The molecule has 0 saturated heterocycles. The average molecular weight is 375 g/mol. The van der Waals surface area contributed by atoms with Crippen LogP contribution in [0.25, 0.3) is 0 Å². The van der Waals surface area contributed by atoms with Gasteiger partial charge in [0.25, 0.3) is 17.4 Å². The molecule has 1 aliphatic heterocycles. The fourth-order valence-corrected chi connectivity index (χ4v) is 2.61. The fourth-order valence-electron chi connectivity index (χ4n) is 2.61. The molecular formula is C17H18FN5O4. The first-order chi connectivity index (χ1) is 12.9. The van der Waals surface area contributed by atoms with Crippen molar-refractivity contribution < 1.29 is 19.1 Å². The van der Waals surface area contributed by atoms with Crippen molar-refractivity contribution in [2.24, 2.45) is 0 Å². The summed E-state index contributed by atoms with van der Waals surface area (Å²) in [6.07, 6.45) is 0.687. The third-order valence-corrected chi connectivity index (χ3v) is 4.00. The van der Waals surface area contributed by atoms with Gasteiger partial charge in [-0.25, -0.2) is 9.37 Å². The van der Waals surface area contributed by atoms with Crippen LogP contribution in [0.3, 0.4) is 0 Å². The molecule has 0 unspecified atom stereocenters. The molecule has 0 bridgehead atoms. The number of hydrogen-bond donors (Lipinski definition) is 3. The van der Waals surface area contributed by atoms with Crippen LogP contribution >= 0.6 is 0 Å². The molecule has 0 aliphatic carbocycles. The number of hydrogen-bond acceptors (Lipinski definition) is 6. The van der Waals surface area contributed by atoms with Gasteiger partial charge in [-0.15, -0.1) is 0 Å². The molecule has 2 heterocycles. The van der Waals surface area contributed by atoms with Gasteiger partial charge in [0.05, 0.1) is 0 Å². The Morgan fingerprint density at radius 2 is 2.04 bits per heavy atom. The first-order valence-electron chi connectivity index (χ1n) is 8.34. The van der Waals surface area contributed by atoms with Crippen molar-refractivity contribution in [3.05, 3.63) is 51.7 Å². The van der Waals surface area contributed by atoms with Gasteiger partial charge in [-0.3, -0.25) is 29.4 Å². The highest BCUT2D eigenvalue weighted by molar-refractivity contribution is 5.95. The second-order valence-corrected chi connectivity index (χ2v) is 5.99. The Balaban J connectivity index is 1.83. The Morgan fingerprint density at radius 1 is 1.33 bits per heavy atom. The Bertz CT molecular complexity index is 942. The number of fused-ring (bicyclic) bond motifs is 1. The summed E-state index contributed by atoms with van der Waals surface area (Å²) in [6, 6.07) is 5.51. The van der Waals surface area contributed by atoms with Gasteiger partial charge >= 0.3 is 0 Å². The number of carbonyl (C=O) groups excluding carboxylic acids is 2. The van der Waals surface area contributed by atoms with E-state index in [1.807, 2.05) is 6.92 Å². The number of aromatic nitrogens is 2. The summed E-state index contributed by atoms with van der Waals surface area (Å²) >= 11 is 0. The molecule has 3 rings (SSSR count). The predicted octanol–water partition coefficient (Wildman–Crippen LogP) is 0.597. The maximum atomic E-state index is 12.9. The molecule has 3 N–H and O–H groups in total. The van der Waals surface area contributed by atoms with Gasteiger partial charge in [0, 0.05) is 13.1 Å². The van der Waals surface area contributed by atoms with E-state index in [2.05, 4.69) is 15.7 Å². The minimum absolute atomic E-state index is 0.00205. The minimum Gasteiger partial charge on any atom is -0.501 e. The topological polar surface area (TPSA) is 117 Å². The number of nitrogens with one attached hydrogen (secondary N) is 2. The van der Waals surface area contributed by atoms with E-state index in [9.17, 15) is 23.9 Å². The highest BCUT2D eigenvalue weighted by atomic mass is 19.1. The standard InChI is InChI=1S/C17H18FN5O4/c1-2-7-23-12(24)9-22-16(27)14(25)13(20-17(22)21-23)15(26)19-8-10-3-5-11(18)6-4-10/h3-6,25H,2,7-9H2,1H3,(H,19,26)(H,20,21). The van der Waals surface area contributed by atoms with Crippen LogP contribution in [0.1, 0.15) is 29.4 Å². The van der Waals surface area contributed by atoms with E-state index in [0.29, 0.717) is 18.5 Å². The Kier molecular flexibility index (Phi) is 5.06. The normalized spacial score (nSPS) is 13.1. The largest absolute Gasteiger partial charge is 0.501 e. The Labute approximate surface area is 153 Å². The molecule has 2 aromatic rings. The molecule has 0 atom stereocenters. The quantitative estimate of drug-likeness (QED) is 0.705. The van der Waals surface area contributed by atoms with E-state index in [0.717, 1.165) is 4.57 Å². The molecular weight excluding hydrogens is 357 g/mol. The van der Waals surface area contributed by atoms with E-state index >= 15 is 0 Å². The van der Waals surface area contributed by atoms with Crippen LogP contribution in [-0.4, -0.2) is 38.0 Å². The highest BCUT2D eigenvalue weighted by Crippen LogP contribution is 2.17. The summed E-state index contributed by atoms with van der Waals surface area (Å²) in [7, 11) is 0. The lowest BCUT2D eigenvalue weighted by atomic mass is 10.2. The van der Waals surface area contributed by atoms with E-state index in [1.165, 1.54) is 29.3 Å². The van der Waals surface area contributed by atoms with Crippen LogP contribution in [0.2, 0.25) is 0 Å². The van der Waals surface area contributed by atoms with Crippen molar-refractivity contribution in [2.75, 3.05) is 12.0 Å². The maximum Gasteiger partial charge on any atom is 0.298 e. The monoisotopic (exact) mass is 375 g/mol. The molecule has 0 saturated carbocycles. The van der Waals surface area contributed by atoms with Crippen LogP contribution in [0.15, 0.2) is 29.1 Å². The van der Waals surface area contributed by atoms with Crippen LogP contribution < -0.4 is 16.3 Å². The fraction of sp³-hybridized carbons (Fsp3) is 0.294. The molecule has 27 heavy (non-hydrogen) atoms. The Hall–Kier alpha value is -3.43. The molecule has 0 spiro atoms. The lowest BCUT2D eigenvalue weighted by Gasteiger charge is -2.30. The SMILES string of the molecule is CCCN1Nc2nc(C(=O)NCc3ccc(F)cc3)c(O)c(=O)n2CC1=O. The number of rotatable bonds is 5. The third-order valence-electron chi connectivity index (χ3n) is 4.00. The minimum atomic E-state index is -0.885. The van der Waals surface area contributed by atoms with Gasteiger partial charge < -0.3 is 10.4 Å². The number of amides is 2. The molecule has 10 heteroatoms. The van der Waals surface area contributed by atoms with E-state index < -0.39 is 28.7 Å². The zero-order valence-electron chi connectivity index (χ0n) is 14.5. The van der Waals surface area contributed by atoms with Crippen LogP contribution in [-0.2, 0) is 17.9 Å². The second kappa shape index (κ2) is 7.44. The van der Waals surface area contributed by atoms with E-state index in [1.54, 1.807) is 0 Å². The Morgan fingerprint density at radius 3 is 2.70 bits per heavy atom. The summed E-state index contributed by atoms with van der Waals surface area (Å²) in [5.41, 5.74) is 1.99. The molecule has 0 radical (unpaired) electrons. The van der Waals surface area contributed by atoms with Crippen molar-refractivity contribution >= 4 is 17.8 Å². The summed E-state index contributed by atoms with van der Waals surface area (Å²) < 4.78 is 13.9. The van der Waals surface area contributed by atoms with Crippen molar-refractivity contribution in [3.8, 4) is 5.75 Å². The first kappa shape index (κ1) is 18.4. The zero-order chi connectivity index (χ0) is 19.6. The van der Waals surface area contributed by atoms with Crippen LogP contribution in [0.4, 0.5) is 10.3 Å². The van der Waals surface area contributed by atoms with Gasteiger partial charge in [0.1, 0.15) is 12.4 Å². The number of benzene rings is 1. The number of anilines is 1. The van der Waals surface area contributed by atoms with Gasteiger partial charge in [0.15, 0.2) is 5.69 Å². The van der Waals surface area contributed by atoms with Crippen LogP contribution in [0, 0.1) is 5.82 Å². The van der Waals surface area contributed by atoms with Crippen molar-refractivity contribution in [3.63, 3.8) is 0 Å². The van der Waals surface area contributed by atoms with Crippen LogP contribution in [0.5, 0.6) is 5.75 Å². The molecule has 2 amide bonds. The van der Waals surface area contributed by atoms with Crippen molar-refractivity contribution in [2.45, 2.75) is 26.4 Å². The number of hydrazine groups is 1. The summed E-state index contributed by atoms with van der Waals surface area (Å²) in [5.74, 6) is -2.35. The number of nitrogens with zero attached hydrogens (tertiary/aromatic N) is 3. The molecule has 0 fully saturated rings. The lowest BCUT2D eigenvalue weighted by Crippen LogP contribution is -2.48. The highest BCUT2D eigenvalue weighted by Gasteiger charge is 2.28. The number of carbonyl (C=O) groups is 2. The average Bonchev–Trinajstić information content (AvgIpc) is 2.65. The maximum absolute atomic E-state index is 12.9. The molecule has 1 aliphatic rings. The smallest absolute Gasteiger partial charge is 0.298 e. The van der Waals surface area contributed by atoms with Gasteiger partial charge in [-0.2, -0.15) is 0 Å². The third kappa shape index (κ3) is 3.73. The second-order valence-electron chi connectivity index (χ2n) is 5.99. The van der Waals surface area contributed by atoms with Crippen molar-refractivity contribution in [1.82, 2.24) is 19.9 Å². The predicted molar refractivity (Wildman–Crippen MR) is 93.4 cm³/mol. The molecule has 1 aromatic heterocycles. The van der Waals surface area contributed by atoms with Crippen molar-refractivity contribution in [1.29, 1.82) is 0 Å². The lowest BCUT2D eigenvalue weighted by molar-refractivity contribution is -0.131. The summed E-state index contributed by atoms with van der Waals surface area (Å²) in [6.45, 7) is 2.07. The summed E-state index contributed by atoms with van der Waals surface area (Å²) in [4.78, 5) is 40.7. The van der Waals surface area contributed by atoms with Gasteiger partial charge in [0.2, 0.25) is 11.7 Å².